The second-order valence-electron chi connectivity index (χ2n) is 6.90. The van der Waals surface area contributed by atoms with Crippen molar-refractivity contribution in [2.75, 3.05) is 19.0 Å². The van der Waals surface area contributed by atoms with Gasteiger partial charge in [0.15, 0.2) is 0 Å². The summed E-state index contributed by atoms with van der Waals surface area (Å²) in [6.07, 6.45) is 1.71. The van der Waals surface area contributed by atoms with E-state index < -0.39 is 11.6 Å². The summed E-state index contributed by atoms with van der Waals surface area (Å²) in [5.74, 6) is 1.07. The van der Waals surface area contributed by atoms with Gasteiger partial charge < -0.3 is 15.2 Å². The van der Waals surface area contributed by atoms with Gasteiger partial charge in [0.2, 0.25) is 0 Å². The molecule has 0 spiro atoms. The van der Waals surface area contributed by atoms with Crippen molar-refractivity contribution in [1.82, 2.24) is 9.97 Å². The second kappa shape index (κ2) is 8.64. The van der Waals surface area contributed by atoms with Gasteiger partial charge >= 0.3 is 6.09 Å². The molecule has 7 nitrogen and oxygen atoms in total. The van der Waals surface area contributed by atoms with E-state index in [9.17, 15) is 4.79 Å². The average molecular weight is 370 g/mol. The maximum absolute atomic E-state index is 11.3. The Balaban J connectivity index is 2.13. The molecule has 0 unspecified atom stereocenters. The molecule has 2 heterocycles. The predicted molar refractivity (Wildman–Crippen MR) is 106 cm³/mol. The molecular weight excluding hydrogens is 344 g/mol. The van der Waals surface area contributed by atoms with Crippen LogP contribution in [0.15, 0.2) is 42.6 Å². The summed E-state index contributed by atoms with van der Waals surface area (Å²) in [5.41, 5.74) is 9.08. The quantitative estimate of drug-likeness (QED) is 0.721. The van der Waals surface area contributed by atoms with E-state index in [1.54, 1.807) is 12.3 Å². The van der Waals surface area contributed by atoms with Crippen LogP contribution in [0.2, 0.25) is 0 Å². The molecule has 1 atom stereocenters. The minimum atomic E-state index is -0.577. The monoisotopic (exact) mass is 370 g/mol. The highest BCUT2D eigenvalue weighted by Gasteiger charge is 2.20. The van der Waals surface area contributed by atoms with Gasteiger partial charge in [0, 0.05) is 11.8 Å². The van der Waals surface area contributed by atoms with Crippen LogP contribution in [0.3, 0.4) is 0 Å². The Morgan fingerprint density at radius 2 is 2.11 bits per heavy atom. The number of pyridine rings is 2. The van der Waals surface area contributed by atoms with Crippen molar-refractivity contribution in [3.05, 3.63) is 48.3 Å². The van der Waals surface area contributed by atoms with Crippen molar-refractivity contribution in [2.24, 2.45) is 5.73 Å². The van der Waals surface area contributed by atoms with Gasteiger partial charge in [-0.2, -0.15) is 0 Å². The van der Waals surface area contributed by atoms with Crippen LogP contribution < -0.4 is 15.8 Å². The van der Waals surface area contributed by atoms with Crippen molar-refractivity contribution in [3.63, 3.8) is 0 Å². The van der Waals surface area contributed by atoms with Gasteiger partial charge in [-0.05, 0) is 51.5 Å². The van der Waals surface area contributed by atoms with Crippen molar-refractivity contribution in [3.8, 4) is 17.0 Å². The van der Waals surface area contributed by atoms with E-state index in [-0.39, 0.29) is 0 Å². The smallest absolute Gasteiger partial charge is 0.412 e. The van der Waals surface area contributed by atoms with Crippen LogP contribution in [-0.4, -0.2) is 35.3 Å². The van der Waals surface area contributed by atoms with E-state index in [2.05, 4.69) is 26.6 Å². The molecule has 0 saturated carbocycles. The number of nitrogens with zero attached hydrogens (tertiary/aromatic N) is 2. The number of ether oxygens (including phenoxy) is 2. The summed E-state index contributed by atoms with van der Waals surface area (Å²) in [6.45, 7) is 10.0. The molecule has 2 aromatic heterocycles. The predicted octanol–water partition coefficient (Wildman–Crippen LogP) is 3.69. The highest BCUT2D eigenvalue weighted by Crippen LogP contribution is 2.25. The summed E-state index contributed by atoms with van der Waals surface area (Å²) >= 11 is 0. The number of methoxy groups -OCH3 is 1. The van der Waals surface area contributed by atoms with E-state index in [0.717, 1.165) is 22.5 Å². The third-order valence-electron chi connectivity index (χ3n) is 3.77. The Labute approximate surface area is 159 Å². The molecule has 3 N–H and O–H groups in total. The zero-order valence-electron chi connectivity index (χ0n) is 16.2. The van der Waals surface area contributed by atoms with Gasteiger partial charge in [0.1, 0.15) is 18.2 Å². The number of aryl methyl sites for hydroxylation is 1. The Bertz CT molecular complexity index is 834. The first-order valence-corrected chi connectivity index (χ1v) is 8.55. The Morgan fingerprint density at radius 3 is 2.74 bits per heavy atom. The number of carbonyl (C=O) groups is 1. The highest BCUT2D eigenvalue weighted by atomic mass is 16.5. The number of hydrogen-bond acceptors (Lipinski definition) is 6. The largest absolute Gasteiger partial charge is 0.490 e. The van der Waals surface area contributed by atoms with E-state index in [1.807, 2.05) is 39.0 Å². The normalized spacial score (nSPS) is 12.8. The van der Waals surface area contributed by atoms with Crippen LogP contribution in [0.1, 0.15) is 26.0 Å². The van der Waals surface area contributed by atoms with Gasteiger partial charge in [-0.3, -0.25) is 5.32 Å². The molecule has 0 bridgehead atoms. The van der Waals surface area contributed by atoms with E-state index in [1.165, 1.54) is 7.11 Å². The fraction of sp³-hybridized carbons (Fsp3) is 0.350. The van der Waals surface area contributed by atoms with Crippen molar-refractivity contribution < 1.29 is 14.3 Å². The van der Waals surface area contributed by atoms with Gasteiger partial charge in [0.25, 0.3) is 0 Å². The highest BCUT2D eigenvalue weighted by molar-refractivity contribution is 5.84. The lowest BCUT2D eigenvalue weighted by molar-refractivity contribution is 0.187. The molecule has 7 heteroatoms. The molecule has 0 saturated heterocycles. The van der Waals surface area contributed by atoms with E-state index >= 15 is 0 Å². The number of nitrogens with two attached hydrogens (primary N) is 1. The van der Waals surface area contributed by atoms with Crippen LogP contribution in [0.25, 0.3) is 11.3 Å². The number of aromatic nitrogens is 2. The molecule has 144 valence electrons. The lowest BCUT2D eigenvalue weighted by atomic mass is 9.96. The molecule has 0 radical (unpaired) electrons. The minimum Gasteiger partial charge on any atom is -0.490 e. The standard InChI is InChI=1S/C20H26N4O3/c1-13(2)11-20(4,21)12-27-17-7-6-16(23-14(17)3)15-8-9-22-18(10-15)24-19(25)26-5/h6-10H,1,11-12,21H2,2-5H3,(H,22,24,25)/t20-/m0/s1. The lowest BCUT2D eigenvalue weighted by Crippen LogP contribution is -2.42. The molecule has 1 amide bonds. The van der Waals surface area contributed by atoms with Crippen LogP contribution in [0.5, 0.6) is 5.75 Å². The fourth-order valence-corrected chi connectivity index (χ4v) is 2.66. The van der Waals surface area contributed by atoms with Crippen LogP contribution in [-0.2, 0) is 4.74 Å². The number of amides is 1. The van der Waals surface area contributed by atoms with E-state index in [4.69, 9.17) is 10.5 Å². The molecule has 27 heavy (non-hydrogen) atoms. The van der Waals surface area contributed by atoms with Crippen LogP contribution in [0.4, 0.5) is 10.6 Å². The van der Waals surface area contributed by atoms with Crippen molar-refractivity contribution >= 4 is 11.9 Å². The molecule has 2 rings (SSSR count). The summed E-state index contributed by atoms with van der Waals surface area (Å²) in [6, 6.07) is 7.26. The Hall–Kier alpha value is -2.93. The zero-order valence-corrected chi connectivity index (χ0v) is 16.2. The van der Waals surface area contributed by atoms with Gasteiger partial charge in [-0.1, -0.05) is 5.57 Å². The Morgan fingerprint density at radius 1 is 1.37 bits per heavy atom. The summed E-state index contributed by atoms with van der Waals surface area (Å²) in [5, 5.41) is 2.53. The maximum atomic E-state index is 11.3. The fourth-order valence-electron chi connectivity index (χ4n) is 2.66. The van der Waals surface area contributed by atoms with Crippen molar-refractivity contribution in [2.45, 2.75) is 32.7 Å². The molecule has 0 aliphatic heterocycles. The molecular formula is C20H26N4O3. The topological polar surface area (TPSA) is 99.4 Å². The number of anilines is 1. The summed E-state index contributed by atoms with van der Waals surface area (Å²) in [4.78, 5) is 20.0. The first-order valence-electron chi connectivity index (χ1n) is 8.55. The molecule has 2 aromatic rings. The molecule has 0 aliphatic rings. The minimum absolute atomic E-state index is 0.365. The number of rotatable bonds is 7. The first-order chi connectivity index (χ1) is 12.7. The van der Waals surface area contributed by atoms with E-state index in [0.29, 0.717) is 24.6 Å². The van der Waals surface area contributed by atoms with Crippen molar-refractivity contribution in [1.29, 1.82) is 0 Å². The third kappa shape index (κ3) is 6.07. The Kier molecular flexibility index (Phi) is 6.52. The molecule has 0 fully saturated rings. The van der Waals surface area contributed by atoms with Crippen LogP contribution in [0, 0.1) is 6.92 Å². The maximum Gasteiger partial charge on any atom is 0.412 e. The number of hydrogen-bond donors (Lipinski definition) is 2. The lowest BCUT2D eigenvalue weighted by Gasteiger charge is -2.25. The number of carbonyl (C=O) groups excluding carboxylic acids is 1. The zero-order chi connectivity index (χ0) is 20.0. The first kappa shape index (κ1) is 20.4. The van der Waals surface area contributed by atoms with Gasteiger partial charge in [-0.15, -0.1) is 6.58 Å². The molecule has 0 aromatic carbocycles. The third-order valence-corrected chi connectivity index (χ3v) is 3.77. The number of nitrogens with one attached hydrogen (secondary N) is 1. The molecule has 0 aliphatic carbocycles. The van der Waals surface area contributed by atoms with Gasteiger partial charge in [0.05, 0.1) is 24.0 Å². The average Bonchev–Trinajstić information content (AvgIpc) is 2.59. The SMILES string of the molecule is C=C(C)C[C@](C)(N)COc1ccc(-c2ccnc(NC(=O)OC)c2)nc1C. The van der Waals surface area contributed by atoms with Gasteiger partial charge in [-0.25, -0.2) is 14.8 Å². The summed E-state index contributed by atoms with van der Waals surface area (Å²) < 4.78 is 10.4. The summed E-state index contributed by atoms with van der Waals surface area (Å²) in [7, 11) is 1.30. The van der Waals surface area contributed by atoms with Crippen LogP contribution >= 0.6 is 0 Å². The second-order valence-corrected chi connectivity index (χ2v) is 6.90.